The maximum Gasteiger partial charge on any atom is 0.136 e. The van der Waals surface area contributed by atoms with Crippen molar-refractivity contribution in [2.45, 2.75) is 57.2 Å². The van der Waals surface area contributed by atoms with Crippen LogP contribution in [-0.4, -0.2) is 40.5 Å². The van der Waals surface area contributed by atoms with Crippen LogP contribution in [-0.2, 0) is 17.8 Å². The first-order valence-electron chi connectivity index (χ1n) is 9.53. The smallest absolute Gasteiger partial charge is 0.136 e. The Morgan fingerprint density at radius 3 is 2.60 bits per heavy atom. The van der Waals surface area contributed by atoms with E-state index in [-0.39, 0.29) is 16.2 Å². The Morgan fingerprint density at radius 2 is 2.00 bits per heavy atom. The molecule has 1 aromatic heterocycles. The normalized spacial score (nSPS) is 26.4. The molecule has 4 rings (SSSR count). The average molecular weight is 363 g/mol. The number of aromatic nitrogens is 1. The van der Waals surface area contributed by atoms with Crippen LogP contribution in [0.1, 0.15) is 57.3 Å². The van der Waals surface area contributed by atoms with E-state index in [1.807, 2.05) is 20.8 Å². The maximum atomic E-state index is 12.8. The van der Waals surface area contributed by atoms with Crippen molar-refractivity contribution in [3.63, 3.8) is 0 Å². The van der Waals surface area contributed by atoms with Crippen LogP contribution >= 0.6 is 0 Å². The van der Waals surface area contributed by atoms with Gasteiger partial charge in [-0.25, -0.2) is 4.98 Å². The summed E-state index contributed by atoms with van der Waals surface area (Å²) in [5.74, 6) is 1.12. The molecular weight excluding hydrogens is 332 g/mol. The minimum absolute atomic E-state index is 0.141. The highest BCUT2D eigenvalue weighted by Crippen LogP contribution is 2.51. The molecule has 1 aromatic rings. The number of piperidine rings is 1. The van der Waals surface area contributed by atoms with E-state index in [0.29, 0.717) is 0 Å². The first-order chi connectivity index (χ1) is 11.9. The van der Waals surface area contributed by atoms with Crippen molar-refractivity contribution in [3.05, 3.63) is 23.4 Å². The van der Waals surface area contributed by atoms with E-state index < -0.39 is 11.4 Å². The van der Waals surface area contributed by atoms with Gasteiger partial charge in [-0.1, -0.05) is 6.07 Å². The van der Waals surface area contributed by atoms with E-state index >= 15 is 0 Å². The van der Waals surface area contributed by atoms with E-state index in [4.69, 9.17) is 4.98 Å². The zero-order chi connectivity index (χ0) is 17.7. The SMILES string of the molecule is CC(C)(C)[S+]([O-])N[C@@H]1c2ccc(N3CCC3)nc2CC12CCNCC2. The van der Waals surface area contributed by atoms with Crippen molar-refractivity contribution >= 4 is 17.2 Å². The highest BCUT2D eigenvalue weighted by atomic mass is 32.2. The van der Waals surface area contributed by atoms with Crippen molar-refractivity contribution < 1.29 is 4.55 Å². The molecule has 0 bridgehead atoms. The summed E-state index contributed by atoms with van der Waals surface area (Å²) >= 11 is -1.08. The van der Waals surface area contributed by atoms with E-state index in [1.165, 1.54) is 17.7 Å². The first kappa shape index (κ1) is 17.6. The summed E-state index contributed by atoms with van der Waals surface area (Å²) < 4.78 is 16.1. The van der Waals surface area contributed by atoms with Gasteiger partial charge in [0.1, 0.15) is 10.6 Å². The van der Waals surface area contributed by atoms with Gasteiger partial charge in [0, 0.05) is 35.6 Å². The van der Waals surface area contributed by atoms with Gasteiger partial charge < -0.3 is 14.8 Å². The van der Waals surface area contributed by atoms with Gasteiger partial charge in [0.2, 0.25) is 0 Å². The lowest BCUT2D eigenvalue weighted by Gasteiger charge is -2.40. The van der Waals surface area contributed by atoms with Crippen LogP contribution in [0.5, 0.6) is 0 Å². The third kappa shape index (κ3) is 3.18. The van der Waals surface area contributed by atoms with Crippen molar-refractivity contribution in [2.24, 2.45) is 5.41 Å². The lowest BCUT2D eigenvalue weighted by atomic mass is 9.74. The molecule has 2 saturated heterocycles. The van der Waals surface area contributed by atoms with Crippen LogP contribution < -0.4 is 14.9 Å². The van der Waals surface area contributed by atoms with E-state index in [9.17, 15) is 4.55 Å². The molecule has 3 aliphatic rings. The Labute approximate surface area is 154 Å². The summed E-state index contributed by atoms with van der Waals surface area (Å²) in [6, 6.07) is 4.54. The largest absolute Gasteiger partial charge is 0.598 e. The van der Waals surface area contributed by atoms with Gasteiger partial charge in [0.05, 0.1) is 6.04 Å². The van der Waals surface area contributed by atoms with Crippen molar-refractivity contribution in [1.29, 1.82) is 0 Å². The fraction of sp³-hybridized carbons (Fsp3) is 0.737. The number of nitrogens with zero attached hydrogens (tertiary/aromatic N) is 2. The predicted molar refractivity (Wildman–Crippen MR) is 103 cm³/mol. The summed E-state index contributed by atoms with van der Waals surface area (Å²) in [7, 11) is 0. The fourth-order valence-corrected chi connectivity index (χ4v) is 5.20. The second-order valence-corrected chi connectivity index (χ2v) is 10.8. The van der Waals surface area contributed by atoms with E-state index in [0.717, 1.165) is 51.3 Å². The zero-order valence-corrected chi connectivity index (χ0v) is 16.4. The molecule has 2 atom stereocenters. The van der Waals surface area contributed by atoms with Crippen molar-refractivity contribution in [3.8, 4) is 0 Å². The number of rotatable bonds is 3. The molecule has 5 nitrogen and oxygen atoms in total. The summed E-state index contributed by atoms with van der Waals surface area (Å²) in [5, 5.41) is 3.48. The highest BCUT2D eigenvalue weighted by molar-refractivity contribution is 7.90. The monoisotopic (exact) mass is 362 g/mol. The number of pyridine rings is 1. The summed E-state index contributed by atoms with van der Waals surface area (Å²) in [6.45, 7) is 10.4. The predicted octanol–water partition coefficient (Wildman–Crippen LogP) is 2.31. The lowest BCUT2D eigenvalue weighted by molar-refractivity contribution is 0.163. The lowest BCUT2D eigenvalue weighted by Crippen LogP contribution is -2.48. The molecular formula is C19H30N4OS. The van der Waals surface area contributed by atoms with Gasteiger partial charge in [-0.3, -0.25) is 0 Å². The van der Waals surface area contributed by atoms with Crippen LogP contribution in [0.3, 0.4) is 0 Å². The summed E-state index contributed by atoms with van der Waals surface area (Å²) in [4.78, 5) is 7.36. The maximum absolute atomic E-state index is 12.8. The highest BCUT2D eigenvalue weighted by Gasteiger charge is 2.50. The molecule has 1 unspecified atom stereocenters. The molecule has 2 N–H and O–H groups in total. The Kier molecular flexibility index (Phi) is 4.51. The molecule has 3 heterocycles. The number of hydrogen-bond donors (Lipinski definition) is 2. The molecule has 0 radical (unpaired) electrons. The minimum atomic E-state index is -1.08. The molecule has 25 heavy (non-hydrogen) atoms. The molecule has 0 aromatic carbocycles. The van der Waals surface area contributed by atoms with Gasteiger partial charge in [0.25, 0.3) is 0 Å². The number of fused-ring (bicyclic) bond motifs is 1. The third-order valence-corrected chi connectivity index (χ3v) is 7.56. The van der Waals surface area contributed by atoms with Crippen molar-refractivity contribution in [1.82, 2.24) is 15.0 Å². The number of nitrogens with one attached hydrogen (secondary N) is 2. The molecule has 1 aliphatic carbocycles. The van der Waals surface area contributed by atoms with Crippen molar-refractivity contribution in [2.75, 3.05) is 31.1 Å². The van der Waals surface area contributed by atoms with E-state index in [2.05, 4.69) is 27.1 Å². The summed E-state index contributed by atoms with van der Waals surface area (Å²) in [5.41, 5.74) is 2.63. The Morgan fingerprint density at radius 1 is 1.28 bits per heavy atom. The van der Waals surface area contributed by atoms with Gasteiger partial charge in [-0.05, 0) is 71.2 Å². The number of hydrogen-bond acceptors (Lipinski definition) is 5. The van der Waals surface area contributed by atoms with Crippen LogP contribution in [0.15, 0.2) is 12.1 Å². The molecule has 138 valence electrons. The van der Waals surface area contributed by atoms with Crippen LogP contribution in [0, 0.1) is 5.41 Å². The molecule has 2 aliphatic heterocycles. The zero-order valence-electron chi connectivity index (χ0n) is 15.6. The number of anilines is 1. The van der Waals surface area contributed by atoms with Gasteiger partial charge >= 0.3 is 0 Å². The van der Waals surface area contributed by atoms with Crippen LogP contribution in [0.25, 0.3) is 0 Å². The molecule has 0 saturated carbocycles. The van der Waals surface area contributed by atoms with Gasteiger partial charge in [-0.2, -0.15) is 0 Å². The Bertz CT molecular complexity index is 635. The third-order valence-electron chi connectivity index (χ3n) is 6.00. The average Bonchev–Trinajstić information content (AvgIpc) is 2.78. The standard InChI is InChI=1S/C19H30N4OS/c1-18(2,3)25(24)22-17-14-5-6-16(23-11-4-12-23)21-15(14)13-19(17)7-9-20-10-8-19/h5-6,17,20,22H,4,7-13H2,1-3H3/t17-,25?/m1/s1. The molecule has 2 fully saturated rings. The molecule has 0 amide bonds. The fourth-order valence-electron chi connectivity index (χ4n) is 4.25. The molecule has 1 spiro atoms. The van der Waals surface area contributed by atoms with Gasteiger partial charge in [0.15, 0.2) is 0 Å². The van der Waals surface area contributed by atoms with Gasteiger partial charge in [-0.15, -0.1) is 4.72 Å². The van der Waals surface area contributed by atoms with Crippen LogP contribution in [0.4, 0.5) is 5.82 Å². The van der Waals surface area contributed by atoms with Crippen LogP contribution in [0.2, 0.25) is 0 Å². The van der Waals surface area contributed by atoms with E-state index in [1.54, 1.807) is 0 Å². The second-order valence-electron chi connectivity index (χ2n) is 8.77. The quantitative estimate of drug-likeness (QED) is 0.808. The second kappa shape index (κ2) is 6.41. The Balaban J connectivity index is 1.66. The Hall–Kier alpha value is -0.820. The first-order valence-corrected chi connectivity index (χ1v) is 10.7. The molecule has 6 heteroatoms. The minimum Gasteiger partial charge on any atom is -0.598 e. The summed E-state index contributed by atoms with van der Waals surface area (Å²) in [6.07, 6.45) is 4.50. The topological polar surface area (TPSA) is 63.2 Å².